The van der Waals surface area contributed by atoms with E-state index in [1.807, 2.05) is 32.2 Å². The van der Waals surface area contributed by atoms with Crippen LogP contribution in [0.3, 0.4) is 0 Å². The van der Waals surface area contributed by atoms with Crippen LogP contribution in [0.1, 0.15) is 23.0 Å². The van der Waals surface area contributed by atoms with Crippen LogP contribution in [0.5, 0.6) is 0 Å². The SMILES string of the molecule is CC(CN(C)Cc1ccccc1)NC(=O)CNC(=O)c1ccc(Br)o1. The fraction of sp³-hybridized carbons (Fsp3) is 0.333. The second-order valence-electron chi connectivity index (χ2n) is 5.94. The summed E-state index contributed by atoms with van der Waals surface area (Å²) in [6.45, 7) is 3.36. The number of rotatable bonds is 8. The summed E-state index contributed by atoms with van der Waals surface area (Å²) in [4.78, 5) is 25.9. The van der Waals surface area contributed by atoms with Gasteiger partial charge in [-0.25, -0.2) is 0 Å². The molecule has 134 valence electrons. The molecule has 1 atom stereocenters. The van der Waals surface area contributed by atoms with Gasteiger partial charge in [-0.15, -0.1) is 0 Å². The van der Waals surface area contributed by atoms with E-state index in [9.17, 15) is 9.59 Å². The topological polar surface area (TPSA) is 74.6 Å². The molecule has 6 nitrogen and oxygen atoms in total. The molecule has 0 aliphatic heterocycles. The summed E-state index contributed by atoms with van der Waals surface area (Å²) in [6.07, 6.45) is 0. The number of carbonyl (C=O) groups excluding carboxylic acids is 2. The average molecular weight is 408 g/mol. The number of nitrogens with one attached hydrogen (secondary N) is 2. The van der Waals surface area contributed by atoms with Crippen molar-refractivity contribution >= 4 is 27.7 Å². The molecule has 0 saturated heterocycles. The first-order valence-electron chi connectivity index (χ1n) is 7.99. The second-order valence-corrected chi connectivity index (χ2v) is 6.72. The zero-order valence-corrected chi connectivity index (χ0v) is 15.9. The Balaban J connectivity index is 1.69. The van der Waals surface area contributed by atoms with Crippen molar-refractivity contribution in [3.05, 3.63) is 58.5 Å². The van der Waals surface area contributed by atoms with Gasteiger partial charge in [0.05, 0.1) is 6.54 Å². The van der Waals surface area contributed by atoms with Crippen molar-refractivity contribution in [2.24, 2.45) is 0 Å². The minimum atomic E-state index is -0.422. The third-order valence-corrected chi connectivity index (χ3v) is 3.92. The van der Waals surface area contributed by atoms with Crippen LogP contribution in [0.25, 0.3) is 0 Å². The molecular weight excluding hydrogens is 386 g/mol. The van der Waals surface area contributed by atoms with E-state index < -0.39 is 5.91 Å². The number of carbonyl (C=O) groups is 2. The number of hydrogen-bond acceptors (Lipinski definition) is 4. The van der Waals surface area contributed by atoms with Crippen molar-refractivity contribution in [1.29, 1.82) is 0 Å². The summed E-state index contributed by atoms with van der Waals surface area (Å²) in [5.74, 6) is -0.496. The molecule has 25 heavy (non-hydrogen) atoms. The quantitative estimate of drug-likeness (QED) is 0.704. The van der Waals surface area contributed by atoms with Crippen LogP contribution in [0.4, 0.5) is 0 Å². The summed E-state index contributed by atoms with van der Waals surface area (Å²) in [5.41, 5.74) is 1.22. The van der Waals surface area contributed by atoms with Crippen molar-refractivity contribution in [3.63, 3.8) is 0 Å². The number of benzene rings is 1. The van der Waals surface area contributed by atoms with Gasteiger partial charge in [0, 0.05) is 19.1 Å². The highest BCUT2D eigenvalue weighted by Gasteiger charge is 2.14. The zero-order valence-electron chi connectivity index (χ0n) is 14.3. The zero-order chi connectivity index (χ0) is 18.2. The molecule has 0 aliphatic carbocycles. The van der Waals surface area contributed by atoms with Gasteiger partial charge < -0.3 is 20.0 Å². The molecule has 0 aliphatic rings. The predicted octanol–water partition coefficient (Wildman–Crippen LogP) is 2.41. The van der Waals surface area contributed by atoms with Crippen LogP contribution in [-0.4, -0.2) is 42.9 Å². The Morgan fingerprint density at radius 2 is 1.92 bits per heavy atom. The molecule has 0 saturated carbocycles. The summed E-state index contributed by atoms with van der Waals surface area (Å²) in [6, 6.07) is 13.3. The molecule has 0 fully saturated rings. The first-order valence-corrected chi connectivity index (χ1v) is 8.78. The Kier molecular flexibility index (Phi) is 7.21. The molecule has 2 aromatic rings. The van der Waals surface area contributed by atoms with Gasteiger partial charge in [-0.2, -0.15) is 0 Å². The number of likely N-dealkylation sites (N-methyl/N-ethyl adjacent to an activating group) is 1. The van der Waals surface area contributed by atoms with Crippen LogP contribution in [0.2, 0.25) is 0 Å². The first-order chi connectivity index (χ1) is 11.9. The molecule has 0 bridgehead atoms. The van der Waals surface area contributed by atoms with E-state index in [0.29, 0.717) is 11.2 Å². The van der Waals surface area contributed by atoms with E-state index in [1.165, 1.54) is 5.56 Å². The third-order valence-electron chi connectivity index (χ3n) is 3.49. The van der Waals surface area contributed by atoms with E-state index in [1.54, 1.807) is 12.1 Å². The number of halogens is 1. The van der Waals surface area contributed by atoms with Crippen molar-refractivity contribution in [2.75, 3.05) is 20.1 Å². The maximum absolute atomic E-state index is 12.0. The Morgan fingerprint density at radius 1 is 1.20 bits per heavy atom. The minimum absolute atomic E-state index is 0.0316. The van der Waals surface area contributed by atoms with Crippen molar-refractivity contribution in [2.45, 2.75) is 19.5 Å². The average Bonchev–Trinajstić information content (AvgIpc) is 2.99. The highest BCUT2D eigenvalue weighted by Crippen LogP contribution is 2.13. The number of nitrogens with zero attached hydrogens (tertiary/aromatic N) is 1. The lowest BCUT2D eigenvalue weighted by Crippen LogP contribution is -2.44. The third kappa shape index (κ3) is 6.72. The molecule has 2 amide bonds. The number of furan rings is 1. The molecule has 0 spiro atoms. The largest absolute Gasteiger partial charge is 0.444 e. The summed E-state index contributed by atoms with van der Waals surface area (Å²) < 4.78 is 5.60. The Labute approximate surface area is 155 Å². The normalized spacial score (nSPS) is 12.0. The lowest BCUT2D eigenvalue weighted by molar-refractivity contribution is -0.120. The van der Waals surface area contributed by atoms with Crippen molar-refractivity contribution in [3.8, 4) is 0 Å². The molecule has 2 N–H and O–H groups in total. The number of amides is 2. The van der Waals surface area contributed by atoms with Gasteiger partial charge in [-0.3, -0.25) is 9.59 Å². The van der Waals surface area contributed by atoms with Crippen LogP contribution >= 0.6 is 15.9 Å². The van der Waals surface area contributed by atoms with Crippen LogP contribution < -0.4 is 10.6 Å². The molecule has 1 heterocycles. The summed E-state index contributed by atoms with van der Waals surface area (Å²) in [7, 11) is 2.01. The Hall–Kier alpha value is -2.12. The molecule has 2 rings (SSSR count). The van der Waals surface area contributed by atoms with Gasteiger partial charge in [0.15, 0.2) is 10.4 Å². The summed E-state index contributed by atoms with van der Waals surface area (Å²) in [5, 5.41) is 5.40. The fourth-order valence-corrected chi connectivity index (χ4v) is 2.79. The second kappa shape index (κ2) is 9.39. The molecular formula is C18H22BrN3O3. The summed E-state index contributed by atoms with van der Waals surface area (Å²) >= 11 is 3.13. The van der Waals surface area contributed by atoms with Crippen LogP contribution in [-0.2, 0) is 11.3 Å². The lowest BCUT2D eigenvalue weighted by Gasteiger charge is -2.22. The smallest absolute Gasteiger partial charge is 0.287 e. The van der Waals surface area contributed by atoms with Gasteiger partial charge in [-0.05, 0) is 47.6 Å². The Morgan fingerprint density at radius 3 is 2.56 bits per heavy atom. The fourth-order valence-electron chi connectivity index (χ4n) is 2.48. The Bertz CT molecular complexity index is 703. The molecule has 1 unspecified atom stereocenters. The number of hydrogen-bond donors (Lipinski definition) is 2. The van der Waals surface area contributed by atoms with Crippen LogP contribution in [0.15, 0.2) is 51.6 Å². The lowest BCUT2D eigenvalue weighted by atomic mass is 10.2. The van der Waals surface area contributed by atoms with E-state index in [0.717, 1.165) is 6.54 Å². The van der Waals surface area contributed by atoms with Gasteiger partial charge in [0.2, 0.25) is 5.91 Å². The maximum Gasteiger partial charge on any atom is 0.287 e. The van der Waals surface area contributed by atoms with E-state index in [4.69, 9.17) is 4.42 Å². The minimum Gasteiger partial charge on any atom is -0.444 e. The van der Waals surface area contributed by atoms with E-state index in [-0.39, 0.29) is 24.3 Å². The maximum atomic E-state index is 12.0. The van der Waals surface area contributed by atoms with Gasteiger partial charge in [0.1, 0.15) is 0 Å². The molecule has 7 heteroatoms. The molecule has 1 aromatic carbocycles. The van der Waals surface area contributed by atoms with E-state index in [2.05, 4.69) is 43.6 Å². The highest BCUT2D eigenvalue weighted by molar-refractivity contribution is 9.10. The van der Waals surface area contributed by atoms with Gasteiger partial charge in [-0.1, -0.05) is 30.3 Å². The van der Waals surface area contributed by atoms with Gasteiger partial charge >= 0.3 is 0 Å². The van der Waals surface area contributed by atoms with Crippen LogP contribution in [0, 0.1) is 0 Å². The van der Waals surface area contributed by atoms with E-state index >= 15 is 0 Å². The molecule has 0 radical (unpaired) electrons. The van der Waals surface area contributed by atoms with Crippen molar-refractivity contribution < 1.29 is 14.0 Å². The standard InChI is InChI=1S/C18H22BrN3O3/c1-13(11-22(2)12-14-6-4-3-5-7-14)21-17(23)10-20-18(24)15-8-9-16(19)25-15/h3-9,13H,10-12H2,1-2H3,(H,20,24)(H,21,23). The van der Waals surface area contributed by atoms with Crippen molar-refractivity contribution in [1.82, 2.24) is 15.5 Å². The highest BCUT2D eigenvalue weighted by atomic mass is 79.9. The molecule has 1 aromatic heterocycles. The monoisotopic (exact) mass is 407 g/mol. The van der Waals surface area contributed by atoms with Gasteiger partial charge in [0.25, 0.3) is 5.91 Å². The predicted molar refractivity (Wildman–Crippen MR) is 99.1 cm³/mol. The first kappa shape index (κ1) is 19.2.